The normalized spacial score (nSPS) is 17.5. The number of thiazole rings is 1. The highest BCUT2D eigenvalue weighted by molar-refractivity contribution is 7.13. The number of primary amides is 1. The van der Waals surface area contributed by atoms with Crippen LogP contribution in [0, 0.1) is 12.3 Å². The van der Waals surface area contributed by atoms with Crippen molar-refractivity contribution in [2.75, 3.05) is 6.54 Å². The first-order chi connectivity index (χ1) is 24.1. The van der Waals surface area contributed by atoms with Crippen LogP contribution < -0.4 is 22.1 Å². The third kappa shape index (κ3) is 11.8. The number of carbonyl (C=O) groups excluding carboxylic acids is 4. The van der Waals surface area contributed by atoms with E-state index in [-0.39, 0.29) is 73.9 Å². The summed E-state index contributed by atoms with van der Waals surface area (Å²) in [5, 5.41) is 16.5. The van der Waals surface area contributed by atoms with Gasteiger partial charge in [-0.1, -0.05) is 57.5 Å². The summed E-state index contributed by atoms with van der Waals surface area (Å²) in [6.45, 7) is 9.51. The van der Waals surface area contributed by atoms with Crippen LogP contribution in [0.15, 0.2) is 48.1 Å². The maximum absolute atomic E-state index is 14.0. The Hall–Kier alpha value is -3.91. The topological polar surface area (TPSA) is 194 Å². The smallest absolute Gasteiger partial charge is 0.246 e. The molecule has 0 radical (unpaired) electrons. The fourth-order valence-corrected chi connectivity index (χ4v) is 7.10. The van der Waals surface area contributed by atoms with Crippen LogP contribution in [0.25, 0.3) is 10.4 Å². The average Bonchev–Trinajstić information content (AvgIpc) is 3.70. The molecule has 0 bridgehead atoms. The number of carbonyl (C=O) groups is 4. The van der Waals surface area contributed by atoms with Gasteiger partial charge in [0, 0.05) is 38.0 Å². The van der Waals surface area contributed by atoms with Crippen molar-refractivity contribution in [3.63, 3.8) is 0 Å². The quantitative estimate of drug-likeness (QED) is 0.130. The fourth-order valence-electron chi connectivity index (χ4n) is 6.29. The molecule has 7 N–H and O–H groups in total. The lowest BCUT2D eigenvalue weighted by molar-refractivity contribution is -0.144. The van der Waals surface area contributed by atoms with Crippen LogP contribution in [0.1, 0.15) is 107 Å². The summed E-state index contributed by atoms with van der Waals surface area (Å²) in [6.07, 6.45) is 5.12. The molecule has 1 aromatic carbocycles. The summed E-state index contributed by atoms with van der Waals surface area (Å²) in [5.74, 6) is -1.34. The van der Waals surface area contributed by atoms with Crippen LogP contribution in [0.4, 0.5) is 0 Å². The second kappa shape index (κ2) is 19.2. The minimum Gasteiger partial charge on any atom is -0.391 e. The zero-order valence-electron chi connectivity index (χ0n) is 30.8. The molecule has 1 aliphatic heterocycles. The third-order valence-electron chi connectivity index (χ3n) is 9.36. The van der Waals surface area contributed by atoms with Crippen molar-refractivity contribution < 1.29 is 24.3 Å². The molecule has 4 rings (SSSR count). The predicted octanol–water partition coefficient (Wildman–Crippen LogP) is 4.67. The number of hydrogen-bond donors (Lipinski definition) is 5. The van der Waals surface area contributed by atoms with E-state index < -0.39 is 23.6 Å². The monoisotopic (exact) mass is 755 g/mol. The maximum atomic E-state index is 14.0. The van der Waals surface area contributed by atoms with Crippen molar-refractivity contribution >= 4 is 47.4 Å². The molecule has 0 spiro atoms. The number of rotatable bonds is 16. The molecule has 4 amide bonds. The van der Waals surface area contributed by atoms with Crippen molar-refractivity contribution in [2.24, 2.45) is 16.9 Å². The molecule has 14 heteroatoms. The highest BCUT2D eigenvalue weighted by atomic mass is 35.5. The van der Waals surface area contributed by atoms with Crippen molar-refractivity contribution in [2.45, 2.75) is 116 Å². The Morgan fingerprint density at radius 1 is 1.02 bits per heavy atom. The van der Waals surface area contributed by atoms with Gasteiger partial charge in [0.25, 0.3) is 0 Å². The number of halogens is 1. The first-order valence-corrected chi connectivity index (χ1v) is 18.6. The van der Waals surface area contributed by atoms with E-state index in [1.807, 2.05) is 76.5 Å². The minimum atomic E-state index is -0.871. The first kappa shape index (κ1) is 42.5. The Kier molecular flexibility index (Phi) is 15.7. The Morgan fingerprint density at radius 2 is 1.73 bits per heavy atom. The molecule has 1 aliphatic rings. The van der Waals surface area contributed by atoms with Crippen LogP contribution in [0.2, 0.25) is 0 Å². The van der Waals surface area contributed by atoms with Crippen LogP contribution in [-0.4, -0.2) is 68.3 Å². The van der Waals surface area contributed by atoms with Crippen molar-refractivity contribution in [1.29, 1.82) is 0 Å². The third-order valence-corrected chi connectivity index (χ3v) is 10.3. The lowest BCUT2D eigenvalue weighted by Gasteiger charge is -2.35. The Balaban J connectivity index is 0.00000729. The van der Waals surface area contributed by atoms with Gasteiger partial charge in [-0.2, -0.15) is 0 Å². The molecular formula is C38H54ClN7O5S. The molecule has 3 heterocycles. The Bertz CT molecular complexity index is 1640. The van der Waals surface area contributed by atoms with Crippen LogP contribution in [0.3, 0.4) is 0 Å². The number of aliphatic hydroxyl groups is 1. The molecule has 1 saturated heterocycles. The number of likely N-dealkylation sites (tertiary alicyclic amines) is 1. The van der Waals surface area contributed by atoms with Gasteiger partial charge in [0.15, 0.2) is 0 Å². The number of nitrogens with one attached hydrogen (secondary N) is 2. The predicted molar refractivity (Wildman–Crippen MR) is 205 cm³/mol. The second-order valence-corrected chi connectivity index (χ2v) is 15.5. The Labute approximate surface area is 317 Å². The standard InChI is InChI=1S/C38H53N7O5S.ClH/c1-23(26-12-14-27(15-13-26)34-24(2)42-22-51-34)43-36(49)31-19-28(46)21-45(31)37(50)35(38(3,4)5)44-33(48)10-8-6-7-9-25-11-17-30(41-20-25)29(39)16-18-32(40)47;/h11-15,17,20,22-23,28-29,31,35,46H,6-10,16,18-19,21,39H2,1-5H3,(H2,40,47)(H,43,49)(H,44,48);1H/t23-,28+,29-,31-,35+;/m0./s1. The molecule has 0 unspecified atom stereocenters. The summed E-state index contributed by atoms with van der Waals surface area (Å²) in [6, 6.07) is 9.42. The molecule has 1 fully saturated rings. The van der Waals surface area contributed by atoms with Gasteiger partial charge in [0.1, 0.15) is 12.1 Å². The van der Waals surface area contributed by atoms with Crippen molar-refractivity contribution in [3.05, 3.63) is 70.6 Å². The number of β-amino-alcohol motifs (C(OH)–C–C–N with tert-alkyl or cyclic N) is 1. The van der Waals surface area contributed by atoms with E-state index in [1.54, 1.807) is 17.5 Å². The highest BCUT2D eigenvalue weighted by Gasteiger charge is 2.44. The van der Waals surface area contributed by atoms with Crippen LogP contribution >= 0.6 is 23.7 Å². The largest absolute Gasteiger partial charge is 0.391 e. The Morgan fingerprint density at radius 3 is 2.33 bits per heavy atom. The van der Waals surface area contributed by atoms with E-state index in [4.69, 9.17) is 11.5 Å². The fraction of sp³-hybridized carbons (Fsp3) is 0.526. The number of aromatic nitrogens is 2. The van der Waals surface area contributed by atoms with Gasteiger partial charge >= 0.3 is 0 Å². The van der Waals surface area contributed by atoms with E-state index in [2.05, 4.69) is 20.6 Å². The zero-order chi connectivity index (χ0) is 37.3. The van der Waals surface area contributed by atoms with Gasteiger partial charge in [0.05, 0.1) is 33.9 Å². The number of pyridine rings is 1. The van der Waals surface area contributed by atoms with Crippen LogP contribution in [-0.2, 0) is 25.6 Å². The number of hydrogen-bond acceptors (Lipinski definition) is 9. The molecule has 52 heavy (non-hydrogen) atoms. The lowest BCUT2D eigenvalue weighted by atomic mass is 9.85. The molecule has 3 aromatic rings. The average molecular weight is 756 g/mol. The number of nitrogens with zero attached hydrogens (tertiary/aromatic N) is 3. The van der Waals surface area contributed by atoms with E-state index in [0.717, 1.165) is 46.5 Å². The number of aryl methyl sites for hydroxylation is 2. The van der Waals surface area contributed by atoms with E-state index >= 15 is 0 Å². The summed E-state index contributed by atoms with van der Waals surface area (Å²) in [5.41, 5.74) is 17.2. The molecule has 5 atom stereocenters. The summed E-state index contributed by atoms with van der Waals surface area (Å²) < 4.78 is 0. The van der Waals surface area contributed by atoms with Gasteiger partial charge in [-0.15, -0.1) is 23.7 Å². The molecule has 284 valence electrons. The molecule has 2 aromatic heterocycles. The maximum Gasteiger partial charge on any atom is 0.246 e. The number of amides is 4. The molecular weight excluding hydrogens is 702 g/mol. The van der Waals surface area contributed by atoms with Crippen molar-refractivity contribution in [1.82, 2.24) is 25.5 Å². The van der Waals surface area contributed by atoms with Gasteiger partial charge < -0.3 is 32.1 Å². The number of nitrogens with two attached hydrogens (primary N) is 2. The molecule has 0 saturated carbocycles. The van der Waals surface area contributed by atoms with Crippen LogP contribution in [0.5, 0.6) is 0 Å². The zero-order valence-corrected chi connectivity index (χ0v) is 32.4. The van der Waals surface area contributed by atoms with Gasteiger partial charge in [-0.05, 0) is 67.7 Å². The molecule has 12 nitrogen and oxygen atoms in total. The summed E-state index contributed by atoms with van der Waals surface area (Å²) in [4.78, 5) is 62.9. The van der Waals surface area contributed by atoms with Gasteiger partial charge in [-0.25, -0.2) is 4.98 Å². The van der Waals surface area contributed by atoms with E-state index in [0.29, 0.717) is 18.5 Å². The van der Waals surface area contributed by atoms with Crippen molar-refractivity contribution in [3.8, 4) is 10.4 Å². The minimum absolute atomic E-state index is 0. The summed E-state index contributed by atoms with van der Waals surface area (Å²) in [7, 11) is 0. The van der Waals surface area contributed by atoms with E-state index in [9.17, 15) is 24.3 Å². The second-order valence-electron chi connectivity index (χ2n) is 14.6. The number of aliphatic hydroxyl groups excluding tert-OH is 1. The number of unbranched alkanes of at least 4 members (excludes halogenated alkanes) is 2. The summed E-state index contributed by atoms with van der Waals surface area (Å²) >= 11 is 1.58. The lowest BCUT2D eigenvalue weighted by Crippen LogP contribution is -2.57. The SMILES string of the molecule is Cc1ncsc1-c1ccc([C@H](C)NC(=O)[C@@H]2C[C@@H](O)CN2C(=O)[C@@H](NC(=O)CCCCCc2ccc([C@@H](N)CCC(N)=O)nc2)C(C)(C)C)cc1.Cl. The molecule has 0 aliphatic carbocycles. The van der Waals surface area contributed by atoms with Gasteiger partial charge in [0.2, 0.25) is 23.6 Å². The first-order valence-electron chi connectivity index (χ1n) is 17.7. The van der Waals surface area contributed by atoms with Gasteiger partial charge in [-0.3, -0.25) is 24.2 Å². The number of benzene rings is 1. The van der Waals surface area contributed by atoms with E-state index in [1.165, 1.54) is 4.90 Å². The highest BCUT2D eigenvalue weighted by Crippen LogP contribution is 2.30.